The number of ether oxygens (including phenoxy) is 1. The third kappa shape index (κ3) is 3.78. The average Bonchev–Trinajstić information content (AvgIpc) is 2.74. The minimum absolute atomic E-state index is 0.616. The molecule has 2 atom stereocenters. The summed E-state index contributed by atoms with van der Waals surface area (Å²) < 4.78 is 6.88. The molecule has 1 aliphatic rings. The van der Waals surface area contributed by atoms with Crippen LogP contribution in [0.25, 0.3) is 0 Å². The molecule has 0 aliphatic carbocycles. The van der Waals surface area contributed by atoms with Crippen LogP contribution >= 0.6 is 27.3 Å². The number of rotatable bonds is 5. The first-order chi connectivity index (χ1) is 8.31. The van der Waals surface area contributed by atoms with Crippen LogP contribution in [0.2, 0.25) is 0 Å². The van der Waals surface area contributed by atoms with Gasteiger partial charge < -0.3 is 10.1 Å². The number of halogens is 1. The molecule has 0 saturated carbocycles. The zero-order chi connectivity index (χ0) is 12.1. The van der Waals surface area contributed by atoms with Gasteiger partial charge in [0.1, 0.15) is 0 Å². The molecule has 1 saturated heterocycles. The van der Waals surface area contributed by atoms with Crippen LogP contribution < -0.4 is 5.32 Å². The van der Waals surface area contributed by atoms with Gasteiger partial charge in [-0.05, 0) is 53.2 Å². The van der Waals surface area contributed by atoms with E-state index in [0.717, 1.165) is 32.6 Å². The Morgan fingerprint density at radius 3 is 3.18 bits per heavy atom. The van der Waals surface area contributed by atoms with E-state index in [1.807, 2.05) is 11.3 Å². The van der Waals surface area contributed by atoms with E-state index in [-0.39, 0.29) is 0 Å². The van der Waals surface area contributed by atoms with Crippen molar-refractivity contribution in [2.24, 2.45) is 5.92 Å². The molecule has 1 aliphatic heterocycles. The normalized spacial score (nSPS) is 25.1. The highest BCUT2D eigenvalue weighted by Gasteiger charge is 2.26. The Labute approximate surface area is 116 Å². The molecule has 1 aromatic rings. The van der Waals surface area contributed by atoms with Crippen molar-refractivity contribution in [1.82, 2.24) is 5.32 Å². The molecule has 2 rings (SSSR count). The van der Waals surface area contributed by atoms with Crippen LogP contribution in [0.3, 0.4) is 0 Å². The SMILES string of the molecule is CCCNC1CCOCC1Cc1sccc1Br. The van der Waals surface area contributed by atoms with E-state index in [9.17, 15) is 0 Å². The van der Waals surface area contributed by atoms with E-state index in [0.29, 0.717) is 12.0 Å². The van der Waals surface area contributed by atoms with E-state index in [1.54, 1.807) is 0 Å². The van der Waals surface area contributed by atoms with E-state index >= 15 is 0 Å². The highest BCUT2D eigenvalue weighted by molar-refractivity contribution is 9.10. The largest absolute Gasteiger partial charge is 0.381 e. The highest BCUT2D eigenvalue weighted by Crippen LogP contribution is 2.28. The monoisotopic (exact) mass is 317 g/mol. The van der Waals surface area contributed by atoms with Crippen LogP contribution in [0, 0.1) is 5.92 Å². The van der Waals surface area contributed by atoms with Crippen molar-refractivity contribution in [3.05, 3.63) is 20.8 Å². The minimum atomic E-state index is 0.616. The Kier molecular flexibility index (Phi) is 5.48. The summed E-state index contributed by atoms with van der Waals surface area (Å²) in [5, 5.41) is 5.81. The van der Waals surface area contributed by atoms with Gasteiger partial charge in [0.25, 0.3) is 0 Å². The molecule has 1 N–H and O–H groups in total. The maximum Gasteiger partial charge on any atom is 0.0512 e. The quantitative estimate of drug-likeness (QED) is 0.898. The standard InChI is InChI=1S/C13H20BrNOS/c1-2-5-15-12-3-6-16-9-10(12)8-13-11(14)4-7-17-13/h4,7,10,12,15H,2-3,5-6,8-9H2,1H3. The summed E-state index contributed by atoms with van der Waals surface area (Å²) in [5.74, 6) is 0.616. The molecule has 0 bridgehead atoms. The van der Waals surface area contributed by atoms with E-state index in [1.165, 1.54) is 15.8 Å². The minimum Gasteiger partial charge on any atom is -0.381 e. The third-order valence-corrected chi connectivity index (χ3v) is 5.22. The second-order valence-corrected chi connectivity index (χ2v) is 6.44. The zero-order valence-corrected chi connectivity index (χ0v) is 12.6. The molecule has 0 amide bonds. The van der Waals surface area contributed by atoms with Gasteiger partial charge in [-0.3, -0.25) is 0 Å². The predicted molar refractivity (Wildman–Crippen MR) is 76.7 cm³/mol. The lowest BCUT2D eigenvalue weighted by Gasteiger charge is -2.32. The van der Waals surface area contributed by atoms with Gasteiger partial charge >= 0.3 is 0 Å². The van der Waals surface area contributed by atoms with Crippen molar-refractivity contribution >= 4 is 27.3 Å². The summed E-state index contributed by atoms with van der Waals surface area (Å²) in [6, 6.07) is 2.76. The summed E-state index contributed by atoms with van der Waals surface area (Å²) in [4.78, 5) is 1.45. The van der Waals surface area contributed by atoms with Crippen LogP contribution in [0.4, 0.5) is 0 Å². The number of hydrogen-bond donors (Lipinski definition) is 1. The van der Waals surface area contributed by atoms with Crippen molar-refractivity contribution in [1.29, 1.82) is 0 Å². The van der Waals surface area contributed by atoms with Gasteiger partial charge in [0, 0.05) is 27.9 Å². The van der Waals surface area contributed by atoms with E-state index in [2.05, 4.69) is 39.6 Å². The zero-order valence-electron chi connectivity index (χ0n) is 10.2. The summed E-state index contributed by atoms with van der Waals surface area (Å²) in [6.45, 7) is 5.14. The first-order valence-corrected chi connectivity index (χ1v) is 8.01. The highest BCUT2D eigenvalue weighted by atomic mass is 79.9. The van der Waals surface area contributed by atoms with Crippen LogP contribution in [0.5, 0.6) is 0 Å². The molecule has 96 valence electrons. The van der Waals surface area contributed by atoms with Gasteiger partial charge in [0.2, 0.25) is 0 Å². The first-order valence-electron chi connectivity index (χ1n) is 6.34. The number of thiophene rings is 1. The molecule has 1 fully saturated rings. The lowest BCUT2D eigenvalue weighted by molar-refractivity contribution is 0.0325. The molecule has 0 spiro atoms. The average molecular weight is 318 g/mol. The Hall–Kier alpha value is 0.100. The molecule has 2 unspecified atom stereocenters. The van der Waals surface area contributed by atoms with Crippen molar-refractivity contribution in [2.75, 3.05) is 19.8 Å². The van der Waals surface area contributed by atoms with Gasteiger partial charge in [-0.15, -0.1) is 11.3 Å². The Balaban J connectivity index is 1.94. The fourth-order valence-electron chi connectivity index (χ4n) is 2.31. The third-order valence-electron chi connectivity index (χ3n) is 3.27. The van der Waals surface area contributed by atoms with E-state index in [4.69, 9.17) is 4.74 Å². The molecular formula is C13H20BrNOS. The Bertz CT molecular complexity index is 342. The second-order valence-electron chi connectivity index (χ2n) is 4.58. The fraction of sp³-hybridized carbons (Fsp3) is 0.692. The maximum atomic E-state index is 5.63. The lowest BCUT2D eigenvalue weighted by atomic mass is 9.92. The van der Waals surface area contributed by atoms with Crippen LogP contribution in [-0.2, 0) is 11.2 Å². The van der Waals surface area contributed by atoms with Crippen molar-refractivity contribution in [3.63, 3.8) is 0 Å². The maximum absolute atomic E-state index is 5.63. The molecule has 0 aromatic carbocycles. The summed E-state index contributed by atoms with van der Waals surface area (Å²) >= 11 is 5.45. The Morgan fingerprint density at radius 2 is 2.47 bits per heavy atom. The lowest BCUT2D eigenvalue weighted by Crippen LogP contribution is -2.43. The molecular weight excluding hydrogens is 298 g/mol. The van der Waals surface area contributed by atoms with Gasteiger partial charge in [0.05, 0.1) is 6.61 Å². The van der Waals surface area contributed by atoms with Gasteiger partial charge in [-0.25, -0.2) is 0 Å². The molecule has 2 heterocycles. The van der Waals surface area contributed by atoms with Crippen LogP contribution in [0.1, 0.15) is 24.6 Å². The second kappa shape index (κ2) is 6.88. The molecule has 4 heteroatoms. The molecule has 1 aromatic heterocycles. The van der Waals surface area contributed by atoms with Crippen LogP contribution in [-0.4, -0.2) is 25.8 Å². The molecule has 17 heavy (non-hydrogen) atoms. The van der Waals surface area contributed by atoms with Crippen LogP contribution in [0.15, 0.2) is 15.9 Å². The van der Waals surface area contributed by atoms with Gasteiger partial charge in [-0.2, -0.15) is 0 Å². The smallest absolute Gasteiger partial charge is 0.0512 e. The predicted octanol–water partition coefficient (Wildman–Crippen LogP) is 3.46. The number of nitrogens with one attached hydrogen (secondary N) is 1. The Morgan fingerprint density at radius 1 is 1.59 bits per heavy atom. The summed E-state index contributed by atoms with van der Waals surface area (Å²) in [7, 11) is 0. The van der Waals surface area contributed by atoms with Crippen molar-refractivity contribution in [2.45, 2.75) is 32.2 Å². The van der Waals surface area contributed by atoms with Gasteiger partial charge in [0.15, 0.2) is 0 Å². The molecule has 2 nitrogen and oxygen atoms in total. The summed E-state index contributed by atoms with van der Waals surface area (Å²) in [5.41, 5.74) is 0. The fourth-order valence-corrected chi connectivity index (χ4v) is 3.91. The first kappa shape index (κ1) is 13.5. The van der Waals surface area contributed by atoms with Gasteiger partial charge in [-0.1, -0.05) is 6.92 Å². The summed E-state index contributed by atoms with van der Waals surface area (Å²) in [6.07, 6.45) is 3.47. The number of hydrogen-bond acceptors (Lipinski definition) is 3. The van der Waals surface area contributed by atoms with Crippen molar-refractivity contribution < 1.29 is 4.74 Å². The topological polar surface area (TPSA) is 21.3 Å². The van der Waals surface area contributed by atoms with E-state index < -0.39 is 0 Å². The molecule has 0 radical (unpaired) electrons. The van der Waals surface area contributed by atoms with Crippen molar-refractivity contribution in [3.8, 4) is 0 Å².